The number of fused-ring (bicyclic) bond motifs is 3. The Bertz CT molecular complexity index is 1210. The van der Waals surface area contributed by atoms with Crippen molar-refractivity contribution in [3.63, 3.8) is 0 Å². The van der Waals surface area contributed by atoms with Gasteiger partial charge in [0.15, 0.2) is 20.6 Å². The monoisotopic (exact) mass is 446 g/mol. The van der Waals surface area contributed by atoms with Crippen LogP contribution in [0.5, 0.6) is 0 Å². The van der Waals surface area contributed by atoms with Gasteiger partial charge in [-0.25, -0.2) is 8.42 Å². The summed E-state index contributed by atoms with van der Waals surface area (Å²) in [5.41, 5.74) is 2.89. The van der Waals surface area contributed by atoms with Crippen molar-refractivity contribution in [1.82, 2.24) is 19.5 Å². The van der Waals surface area contributed by atoms with Crippen LogP contribution in [0.2, 0.25) is 0 Å². The van der Waals surface area contributed by atoms with E-state index in [1.54, 1.807) is 4.90 Å². The van der Waals surface area contributed by atoms with Gasteiger partial charge in [-0.15, -0.1) is 10.2 Å². The highest BCUT2D eigenvalue weighted by atomic mass is 32.2. The van der Waals surface area contributed by atoms with Crippen molar-refractivity contribution in [2.45, 2.75) is 50.9 Å². The summed E-state index contributed by atoms with van der Waals surface area (Å²) in [6.45, 7) is 6.05. The number of rotatable bonds is 6. The van der Waals surface area contributed by atoms with Crippen molar-refractivity contribution in [2.24, 2.45) is 0 Å². The summed E-state index contributed by atoms with van der Waals surface area (Å²) in [7, 11) is -3.06. The molecule has 1 fully saturated rings. The smallest absolute Gasteiger partial charge is 0.233 e. The van der Waals surface area contributed by atoms with Crippen LogP contribution in [0.25, 0.3) is 16.6 Å². The van der Waals surface area contributed by atoms with Gasteiger partial charge in [0, 0.05) is 17.5 Å². The van der Waals surface area contributed by atoms with E-state index in [-0.39, 0.29) is 35.2 Å². The lowest BCUT2D eigenvalue weighted by Gasteiger charge is -2.33. The number of benzene rings is 1. The predicted octanol–water partition coefficient (Wildman–Crippen LogP) is 3.10. The van der Waals surface area contributed by atoms with E-state index in [0.29, 0.717) is 11.6 Å². The molecule has 2 atom stereocenters. The lowest BCUT2D eigenvalue weighted by molar-refractivity contribution is -0.132. The van der Waals surface area contributed by atoms with Gasteiger partial charge in [0.25, 0.3) is 0 Å². The number of amides is 1. The molecule has 0 unspecified atom stereocenters. The van der Waals surface area contributed by atoms with Gasteiger partial charge in [-0.2, -0.15) is 0 Å². The fraction of sp³-hybridized carbons (Fsp3) is 0.476. The molecule has 1 amide bonds. The lowest BCUT2D eigenvalue weighted by Crippen LogP contribution is -2.47. The summed E-state index contributed by atoms with van der Waals surface area (Å²) in [4.78, 5) is 14.9. The number of aryl methyl sites for hydroxylation is 1. The minimum absolute atomic E-state index is 0.00461. The number of sulfone groups is 1. The number of hydrogen-bond donors (Lipinski definition) is 0. The molecule has 2 aromatic heterocycles. The van der Waals surface area contributed by atoms with Crippen LogP contribution < -0.4 is 0 Å². The lowest BCUT2D eigenvalue weighted by atomic mass is 10.1. The molecule has 0 bridgehead atoms. The van der Waals surface area contributed by atoms with Crippen LogP contribution in [-0.4, -0.2) is 63.2 Å². The number of thioether (sulfide) groups is 1. The summed E-state index contributed by atoms with van der Waals surface area (Å²) in [6.07, 6.45) is 1.30. The molecule has 160 valence electrons. The third-order valence-corrected chi connectivity index (χ3v) is 8.52. The van der Waals surface area contributed by atoms with E-state index in [2.05, 4.69) is 16.3 Å². The van der Waals surface area contributed by atoms with Crippen LogP contribution in [0.1, 0.15) is 32.3 Å². The quantitative estimate of drug-likeness (QED) is 0.541. The second kappa shape index (κ2) is 8.19. The molecule has 1 aliphatic heterocycles. The van der Waals surface area contributed by atoms with Crippen molar-refractivity contribution in [2.75, 3.05) is 17.3 Å². The zero-order chi connectivity index (χ0) is 21.5. The Hall–Kier alpha value is -2.13. The SMILES string of the molecule is CC[C@H](C)N(C(=O)CSc1nnc2cc(C)c3ccccc3n12)[C@@H]1CCS(=O)(=O)C1. The normalized spacial score (nSPS) is 19.4. The van der Waals surface area contributed by atoms with Gasteiger partial charge >= 0.3 is 0 Å². The highest BCUT2D eigenvalue weighted by molar-refractivity contribution is 7.99. The average Bonchev–Trinajstić information content (AvgIpc) is 3.29. The van der Waals surface area contributed by atoms with E-state index in [1.807, 2.05) is 49.4 Å². The number of hydrogen-bond acceptors (Lipinski definition) is 6. The van der Waals surface area contributed by atoms with Crippen LogP contribution in [-0.2, 0) is 14.6 Å². The van der Waals surface area contributed by atoms with Crippen LogP contribution in [0, 0.1) is 6.92 Å². The Balaban J connectivity index is 1.60. The number of para-hydroxylation sites is 1. The molecule has 0 aliphatic carbocycles. The summed E-state index contributed by atoms with van der Waals surface area (Å²) < 4.78 is 25.9. The van der Waals surface area contributed by atoms with Gasteiger partial charge in [0.05, 0.1) is 22.8 Å². The molecular formula is C21H26N4O3S2. The van der Waals surface area contributed by atoms with Crippen LogP contribution in [0.15, 0.2) is 35.5 Å². The number of aromatic nitrogens is 3. The fourth-order valence-electron chi connectivity index (χ4n) is 4.17. The third-order valence-electron chi connectivity index (χ3n) is 5.85. The second-order valence-electron chi connectivity index (χ2n) is 7.92. The van der Waals surface area contributed by atoms with Crippen molar-refractivity contribution in [3.05, 3.63) is 35.9 Å². The first-order valence-electron chi connectivity index (χ1n) is 10.2. The summed E-state index contributed by atoms with van der Waals surface area (Å²) in [6, 6.07) is 9.82. The first kappa shape index (κ1) is 21.1. The molecule has 30 heavy (non-hydrogen) atoms. The molecule has 1 saturated heterocycles. The molecule has 0 spiro atoms. The molecule has 9 heteroatoms. The Labute approximate surface area is 180 Å². The van der Waals surface area contributed by atoms with Crippen molar-refractivity contribution < 1.29 is 13.2 Å². The maximum absolute atomic E-state index is 13.1. The van der Waals surface area contributed by atoms with Crippen LogP contribution in [0.3, 0.4) is 0 Å². The first-order chi connectivity index (χ1) is 14.3. The Kier molecular flexibility index (Phi) is 5.76. The number of pyridine rings is 1. The molecule has 1 aliphatic rings. The zero-order valence-corrected chi connectivity index (χ0v) is 19.0. The fourth-order valence-corrected chi connectivity index (χ4v) is 6.70. The van der Waals surface area contributed by atoms with Crippen molar-refractivity contribution in [3.8, 4) is 0 Å². The minimum Gasteiger partial charge on any atom is -0.335 e. The van der Waals surface area contributed by atoms with Gasteiger partial charge in [-0.05, 0) is 44.4 Å². The largest absolute Gasteiger partial charge is 0.335 e. The van der Waals surface area contributed by atoms with Gasteiger partial charge in [-0.3, -0.25) is 9.20 Å². The van der Waals surface area contributed by atoms with E-state index in [9.17, 15) is 13.2 Å². The van der Waals surface area contributed by atoms with Crippen LogP contribution in [0.4, 0.5) is 0 Å². The van der Waals surface area contributed by atoms with Gasteiger partial charge in [0.1, 0.15) is 0 Å². The molecule has 3 aromatic rings. The van der Waals surface area contributed by atoms with Gasteiger partial charge in [-0.1, -0.05) is 36.9 Å². The van der Waals surface area contributed by atoms with E-state index < -0.39 is 9.84 Å². The maximum atomic E-state index is 13.1. The van der Waals surface area contributed by atoms with Crippen molar-refractivity contribution in [1.29, 1.82) is 0 Å². The highest BCUT2D eigenvalue weighted by Gasteiger charge is 2.36. The zero-order valence-electron chi connectivity index (χ0n) is 17.4. The molecule has 1 aromatic carbocycles. The first-order valence-corrected chi connectivity index (χ1v) is 13.0. The molecular weight excluding hydrogens is 420 g/mol. The number of nitrogens with zero attached hydrogens (tertiary/aromatic N) is 4. The summed E-state index contributed by atoms with van der Waals surface area (Å²) >= 11 is 1.35. The number of carbonyl (C=O) groups is 1. The Morgan fingerprint density at radius 2 is 2.10 bits per heavy atom. The summed E-state index contributed by atoms with van der Waals surface area (Å²) in [5.74, 6) is 0.366. The third kappa shape index (κ3) is 3.92. The van der Waals surface area contributed by atoms with E-state index in [1.165, 1.54) is 11.8 Å². The van der Waals surface area contributed by atoms with Crippen molar-refractivity contribution >= 4 is 44.1 Å². The van der Waals surface area contributed by atoms with Crippen LogP contribution >= 0.6 is 11.8 Å². The maximum Gasteiger partial charge on any atom is 0.233 e. The molecule has 7 nitrogen and oxygen atoms in total. The molecule has 4 rings (SSSR count). The molecule has 3 heterocycles. The second-order valence-corrected chi connectivity index (χ2v) is 11.1. The Morgan fingerprint density at radius 3 is 2.80 bits per heavy atom. The highest BCUT2D eigenvalue weighted by Crippen LogP contribution is 2.27. The van der Waals surface area contributed by atoms with E-state index >= 15 is 0 Å². The van der Waals surface area contributed by atoms with Gasteiger partial charge < -0.3 is 4.90 Å². The molecule has 0 N–H and O–H groups in total. The van der Waals surface area contributed by atoms with E-state index in [4.69, 9.17) is 0 Å². The minimum atomic E-state index is -3.06. The standard InChI is InChI=1S/C21H26N4O3S2/c1-4-15(3)24(16-9-10-30(27,28)13-16)20(26)12-29-21-23-22-19-11-14(2)17-7-5-6-8-18(17)25(19)21/h5-8,11,15-16H,4,9-10,12-13H2,1-3H3/t15-,16+/m0/s1. The molecule has 0 radical (unpaired) electrons. The summed E-state index contributed by atoms with van der Waals surface area (Å²) in [5, 5.41) is 10.4. The predicted molar refractivity (Wildman–Crippen MR) is 120 cm³/mol. The molecule has 0 saturated carbocycles. The topological polar surface area (TPSA) is 84.6 Å². The number of carbonyl (C=O) groups excluding carboxylic acids is 1. The average molecular weight is 447 g/mol. The van der Waals surface area contributed by atoms with Gasteiger partial charge in [0.2, 0.25) is 5.91 Å². The van der Waals surface area contributed by atoms with E-state index in [0.717, 1.165) is 28.5 Å². The Morgan fingerprint density at radius 1 is 1.33 bits per heavy atom.